The molecule has 0 heterocycles. The second-order valence-electron chi connectivity index (χ2n) is 2.91. The third-order valence-corrected chi connectivity index (χ3v) is 1.73. The van der Waals surface area contributed by atoms with Gasteiger partial charge in [-0.05, 0) is 18.1 Å². The van der Waals surface area contributed by atoms with Crippen LogP contribution in [-0.4, -0.2) is 20.0 Å². The van der Waals surface area contributed by atoms with E-state index in [-0.39, 0.29) is 5.78 Å². The van der Waals surface area contributed by atoms with Crippen LogP contribution >= 0.6 is 0 Å². The van der Waals surface area contributed by atoms with Crippen molar-refractivity contribution < 1.29 is 14.3 Å². The molecule has 0 amide bonds. The van der Waals surface area contributed by atoms with Gasteiger partial charge in [0.2, 0.25) is 5.78 Å². The molecule has 1 rings (SSSR count). The van der Waals surface area contributed by atoms with E-state index >= 15 is 0 Å². The number of benzene rings is 1. The first-order chi connectivity index (χ1) is 7.15. The summed E-state index contributed by atoms with van der Waals surface area (Å²) in [5.41, 5.74) is 0.696. The van der Waals surface area contributed by atoms with Crippen LogP contribution in [0, 0.1) is 11.8 Å². The van der Waals surface area contributed by atoms with Gasteiger partial charge in [0.1, 0.15) is 11.5 Å². The molecule has 0 fully saturated rings. The molecular weight excluding hydrogens is 192 g/mol. The smallest absolute Gasteiger partial charge is 0.202 e. The predicted molar refractivity (Wildman–Crippen MR) is 57.1 cm³/mol. The molecule has 0 aliphatic carbocycles. The van der Waals surface area contributed by atoms with E-state index in [2.05, 4.69) is 11.8 Å². The number of Topliss-reactive ketones (excluding diaryl/α,β-unsaturated/α-hetero) is 1. The molecule has 0 aliphatic heterocycles. The normalized spacial score (nSPS) is 8.73. The number of hydrogen-bond acceptors (Lipinski definition) is 3. The van der Waals surface area contributed by atoms with Crippen LogP contribution < -0.4 is 9.47 Å². The van der Waals surface area contributed by atoms with E-state index in [1.54, 1.807) is 32.4 Å². The zero-order valence-electron chi connectivity index (χ0n) is 8.96. The first kappa shape index (κ1) is 11.1. The highest BCUT2D eigenvalue weighted by Crippen LogP contribution is 2.21. The molecule has 0 aliphatic rings. The molecule has 0 unspecified atom stereocenters. The Bertz CT molecular complexity index is 402. The van der Waals surface area contributed by atoms with Crippen LogP contribution in [0.3, 0.4) is 0 Å². The number of hydrogen-bond donors (Lipinski definition) is 0. The molecule has 3 nitrogen and oxygen atoms in total. The van der Waals surface area contributed by atoms with Crippen molar-refractivity contribution >= 4 is 5.78 Å². The Balaban J connectivity index is 3.08. The summed E-state index contributed by atoms with van der Waals surface area (Å²) in [5, 5.41) is 0. The number of ether oxygens (including phenoxy) is 2. The maximum Gasteiger partial charge on any atom is 0.202 e. The SMILES string of the molecule is COc1cc(C#CC(C)=O)cc(OC)c1. The van der Waals surface area contributed by atoms with Gasteiger partial charge in [-0.1, -0.05) is 5.92 Å². The molecule has 0 atom stereocenters. The molecule has 0 aromatic heterocycles. The predicted octanol–water partition coefficient (Wildman–Crippen LogP) is 1.64. The van der Waals surface area contributed by atoms with Crippen molar-refractivity contribution in [2.45, 2.75) is 6.92 Å². The second kappa shape index (κ2) is 5.06. The summed E-state index contributed by atoms with van der Waals surface area (Å²) < 4.78 is 10.1. The summed E-state index contributed by atoms with van der Waals surface area (Å²) in [7, 11) is 3.13. The summed E-state index contributed by atoms with van der Waals surface area (Å²) in [4.78, 5) is 10.7. The highest BCUT2D eigenvalue weighted by Gasteiger charge is 1.99. The Morgan fingerprint density at radius 3 is 2.07 bits per heavy atom. The van der Waals surface area contributed by atoms with Crippen LogP contribution in [0.2, 0.25) is 0 Å². The van der Waals surface area contributed by atoms with Crippen LogP contribution in [0.4, 0.5) is 0 Å². The first-order valence-electron chi connectivity index (χ1n) is 4.41. The fraction of sp³-hybridized carbons (Fsp3) is 0.250. The summed E-state index contributed by atoms with van der Waals surface area (Å²) >= 11 is 0. The lowest BCUT2D eigenvalue weighted by molar-refractivity contribution is -0.111. The standard InChI is InChI=1S/C12H12O3/c1-9(13)4-5-10-6-11(14-2)8-12(7-10)15-3/h6-8H,1-3H3. The van der Waals surface area contributed by atoms with Gasteiger partial charge in [-0.25, -0.2) is 0 Å². The zero-order valence-corrected chi connectivity index (χ0v) is 8.96. The average molecular weight is 204 g/mol. The number of rotatable bonds is 2. The largest absolute Gasteiger partial charge is 0.497 e. The van der Waals surface area contributed by atoms with Crippen LogP contribution in [0.1, 0.15) is 12.5 Å². The Morgan fingerprint density at radius 2 is 1.67 bits per heavy atom. The average Bonchev–Trinajstić information content (AvgIpc) is 2.25. The van der Waals surface area contributed by atoms with Crippen molar-refractivity contribution in [3.63, 3.8) is 0 Å². The summed E-state index contributed by atoms with van der Waals surface area (Å²) in [6.45, 7) is 1.42. The fourth-order valence-electron chi connectivity index (χ4n) is 1.04. The number of carbonyl (C=O) groups excluding carboxylic acids is 1. The van der Waals surface area contributed by atoms with Crippen LogP contribution in [-0.2, 0) is 4.79 Å². The lowest BCUT2D eigenvalue weighted by Crippen LogP contribution is -1.89. The van der Waals surface area contributed by atoms with Crippen molar-refractivity contribution in [2.24, 2.45) is 0 Å². The van der Waals surface area contributed by atoms with Gasteiger partial charge >= 0.3 is 0 Å². The number of ketones is 1. The van der Waals surface area contributed by atoms with Gasteiger partial charge in [-0.15, -0.1) is 0 Å². The number of carbonyl (C=O) groups is 1. The summed E-state index contributed by atoms with van der Waals surface area (Å²) in [6, 6.07) is 5.25. The van der Waals surface area contributed by atoms with Crippen LogP contribution in [0.5, 0.6) is 11.5 Å². The molecule has 0 radical (unpaired) electrons. The topological polar surface area (TPSA) is 35.5 Å². The minimum atomic E-state index is -0.170. The van der Waals surface area contributed by atoms with Gasteiger partial charge < -0.3 is 9.47 Å². The van der Waals surface area contributed by atoms with Gasteiger partial charge in [-0.3, -0.25) is 4.79 Å². The van der Waals surface area contributed by atoms with E-state index in [4.69, 9.17) is 9.47 Å². The van der Waals surface area contributed by atoms with Gasteiger partial charge in [0.25, 0.3) is 0 Å². The van der Waals surface area contributed by atoms with E-state index < -0.39 is 0 Å². The van der Waals surface area contributed by atoms with E-state index in [0.29, 0.717) is 17.1 Å². The van der Waals surface area contributed by atoms with Gasteiger partial charge in [0.05, 0.1) is 14.2 Å². The van der Waals surface area contributed by atoms with E-state index in [1.165, 1.54) is 6.92 Å². The minimum Gasteiger partial charge on any atom is -0.497 e. The molecule has 0 N–H and O–H groups in total. The van der Waals surface area contributed by atoms with Crippen molar-refractivity contribution in [1.29, 1.82) is 0 Å². The van der Waals surface area contributed by atoms with Crippen LogP contribution in [0.25, 0.3) is 0 Å². The van der Waals surface area contributed by atoms with Crippen molar-refractivity contribution in [3.05, 3.63) is 23.8 Å². The lowest BCUT2D eigenvalue weighted by Gasteiger charge is -2.04. The molecule has 15 heavy (non-hydrogen) atoms. The molecule has 0 saturated heterocycles. The lowest BCUT2D eigenvalue weighted by atomic mass is 10.2. The third kappa shape index (κ3) is 3.35. The Hall–Kier alpha value is -1.95. The molecule has 78 valence electrons. The molecule has 0 spiro atoms. The quantitative estimate of drug-likeness (QED) is 0.687. The Kier molecular flexibility index (Phi) is 3.75. The maximum atomic E-state index is 10.7. The van der Waals surface area contributed by atoms with Gasteiger partial charge in [0, 0.05) is 18.6 Å². The van der Waals surface area contributed by atoms with Crippen molar-refractivity contribution in [1.82, 2.24) is 0 Å². The molecule has 3 heteroatoms. The molecule has 1 aromatic carbocycles. The van der Waals surface area contributed by atoms with E-state index in [0.717, 1.165) is 0 Å². The van der Waals surface area contributed by atoms with Crippen molar-refractivity contribution in [2.75, 3.05) is 14.2 Å². The van der Waals surface area contributed by atoms with Gasteiger partial charge in [0.15, 0.2) is 0 Å². The van der Waals surface area contributed by atoms with Crippen LogP contribution in [0.15, 0.2) is 18.2 Å². The maximum absolute atomic E-state index is 10.7. The highest BCUT2D eigenvalue weighted by molar-refractivity contribution is 5.93. The third-order valence-electron chi connectivity index (χ3n) is 1.73. The van der Waals surface area contributed by atoms with E-state index in [9.17, 15) is 4.79 Å². The Labute approximate surface area is 89.0 Å². The fourth-order valence-corrected chi connectivity index (χ4v) is 1.04. The molecule has 0 saturated carbocycles. The van der Waals surface area contributed by atoms with Crippen molar-refractivity contribution in [3.8, 4) is 23.3 Å². The van der Waals surface area contributed by atoms with E-state index in [1.807, 2.05) is 0 Å². The molecule has 1 aromatic rings. The van der Waals surface area contributed by atoms with Gasteiger partial charge in [-0.2, -0.15) is 0 Å². The summed E-state index contributed by atoms with van der Waals surface area (Å²) in [6.07, 6.45) is 0. The zero-order chi connectivity index (χ0) is 11.3. The second-order valence-corrected chi connectivity index (χ2v) is 2.91. The monoisotopic (exact) mass is 204 g/mol. The molecule has 0 bridgehead atoms. The number of methoxy groups -OCH3 is 2. The minimum absolute atomic E-state index is 0.170. The molecular formula is C12H12O3. The summed E-state index contributed by atoms with van der Waals surface area (Å²) in [5.74, 6) is 6.34. The Morgan fingerprint density at radius 1 is 1.13 bits per heavy atom. The highest BCUT2D eigenvalue weighted by atomic mass is 16.5. The first-order valence-corrected chi connectivity index (χ1v) is 4.41.